The van der Waals surface area contributed by atoms with Crippen molar-refractivity contribution in [3.63, 3.8) is 0 Å². The maximum Gasteiger partial charge on any atom is 0.203 e. The van der Waals surface area contributed by atoms with E-state index in [0.29, 0.717) is 23.8 Å². The van der Waals surface area contributed by atoms with Crippen molar-refractivity contribution in [2.75, 3.05) is 57.8 Å². The van der Waals surface area contributed by atoms with Crippen LogP contribution < -0.4 is 24.4 Å². The maximum atomic E-state index is 5.41. The summed E-state index contributed by atoms with van der Waals surface area (Å²) in [6.07, 6.45) is 0. The molecule has 0 spiro atoms. The summed E-state index contributed by atoms with van der Waals surface area (Å²) in [5.41, 5.74) is 3.35. The average Bonchev–Trinajstić information content (AvgIpc) is 2.72. The van der Waals surface area contributed by atoms with E-state index in [1.54, 1.807) is 21.3 Å². The Hall–Kier alpha value is -2.60. The number of anilines is 2. The van der Waals surface area contributed by atoms with Crippen LogP contribution in [0.15, 0.2) is 36.4 Å². The van der Waals surface area contributed by atoms with Crippen LogP contribution in [0, 0.1) is 0 Å². The minimum Gasteiger partial charge on any atom is -0.493 e. The zero-order valence-electron chi connectivity index (χ0n) is 15.6. The highest BCUT2D eigenvalue weighted by atomic mass is 16.5. The fourth-order valence-electron chi connectivity index (χ4n) is 3.05. The first-order valence-electron chi connectivity index (χ1n) is 8.70. The zero-order valence-corrected chi connectivity index (χ0v) is 15.6. The number of hydrogen-bond acceptors (Lipinski definition) is 6. The topological polar surface area (TPSA) is 52.2 Å². The second kappa shape index (κ2) is 8.67. The highest BCUT2D eigenvalue weighted by Gasteiger charge is 2.13. The highest BCUT2D eigenvalue weighted by molar-refractivity contribution is 5.57. The van der Waals surface area contributed by atoms with Gasteiger partial charge in [-0.2, -0.15) is 0 Å². The molecule has 0 atom stereocenters. The van der Waals surface area contributed by atoms with Gasteiger partial charge in [0.15, 0.2) is 11.5 Å². The first kappa shape index (κ1) is 18.2. The number of hydrogen-bond donors (Lipinski definition) is 1. The van der Waals surface area contributed by atoms with Gasteiger partial charge in [-0.15, -0.1) is 0 Å². The largest absolute Gasteiger partial charge is 0.493 e. The molecule has 6 nitrogen and oxygen atoms in total. The summed E-state index contributed by atoms with van der Waals surface area (Å²) in [7, 11) is 4.85. The number of methoxy groups -OCH3 is 3. The number of rotatable bonds is 7. The molecule has 6 heteroatoms. The lowest BCUT2D eigenvalue weighted by molar-refractivity contribution is 0.122. The van der Waals surface area contributed by atoms with Crippen LogP contribution in [0.4, 0.5) is 11.4 Å². The lowest BCUT2D eigenvalue weighted by Gasteiger charge is -2.29. The van der Waals surface area contributed by atoms with E-state index in [1.165, 1.54) is 5.69 Å². The Bertz CT molecular complexity index is 687. The van der Waals surface area contributed by atoms with Crippen molar-refractivity contribution < 1.29 is 18.9 Å². The van der Waals surface area contributed by atoms with Crippen molar-refractivity contribution in [2.24, 2.45) is 0 Å². The van der Waals surface area contributed by atoms with E-state index in [0.717, 1.165) is 37.6 Å². The van der Waals surface area contributed by atoms with E-state index in [1.807, 2.05) is 12.1 Å². The molecular formula is C20H26N2O4. The minimum absolute atomic E-state index is 0.605. The van der Waals surface area contributed by atoms with Gasteiger partial charge in [-0.05, 0) is 42.0 Å². The van der Waals surface area contributed by atoms with Crippen molar-refractivity contribution in [3.05, 3.63) is 42.0 Å². The normalized spacial score (nSPS) is 14.0. The van der Waals surface area contributed by atoms with E-state index in [4.69, 9.17) is 18.9 Å². The lowest BCUT2D eigenvalue weighted by atomic mass is 10.1. The molecule has 0 aromatic heterocycles. The van der Waals surface area contributed by atoms with Gasteiger partial charge in [-0.3, -0.25) is 0 Å². The average molecular weight is 358 g/mol. The van der Waals surface area contributed by atoms with Crippen LogP contribution in [0.3, 0.4) is 0 Å². The van der Waals surface area contributed by atoms with Gasteiger partial charge in [-0.25, -0.2) is 0 Å². The first-order chi connectivity index (χ1) is 12.7. The standard InChI is InChI=1S/C20H26N2O4/c1-23-18-12-15(13-19(24-2)20(18)25-3)14-21-16-4-6-17(7-5-16)22-8-10-26-11-9-22/h4-7,12-13,21H,8-11,14H2,1-3H3. The summed E-state index contributed by atoms with van der Waals surface area (Å²) in [4.78, 5) is 2.34. The lowest BCUT2D eigenvalue weighted by Crippen LogP contribution is -2.36. The summed E-state index contributed by atoms with van der Waals surface area (Å²) < 4.78 is 21.6. The third-order valence-electron chi connectivity index (χ3n) is 4.46. The Balaban J connectivity index is 1.66. The van der Waals surface area contributed by atoms with Crippen LogP contribution in [0.25, 0.3) is 0 Å². The van der Waals surface area contributed by atoms with Crippen LogP contribution in [0.2, 0.25) is 0 Å². The third kappa shape index (κ3) is 4.14. The summed E-state index contributed by atoms with van der Waals surface area (Å²) in [6.45, 7) is 4.13. The zero-order chi connectivity index (χ0) is 18.4. The smallest absolute Gasteiger partial charge is 0.203 e. The molecule has 3 rings (SSSR count). The van der Waals surface area contributed by atoms with Gasteiger partial charge in [0.05, 0.1) is 34.5 Å². The molecule has 2 aromatic carbocycles. The number of ether oxygens (including phenoxy) is 4. The van der Waals surface area contributed by atoms with Crippen LogP contribution in [0.1, 0.15) is 5.56 Å². The summed E-state index contributed by atoms with van der Waals surface area (Å²) >= 11 is 0. The molecule has 1 heterocycles. The second-order valence-corrected chi connectivity index (χ2v) is 6.03. The van der Waals surface area contributed by atoms with Gasteiger partial charge in [0.25, 0.3) is 0 Å². The fraction of sp³-hybridized carbons (Fsp3) is 0.400. The van der Waals surface area contributed by atoms with Crippen LogP contribution in [-0.4, -0.2) is 47.6 Å². The molecule has 0 amide bonds. The summed E-state index contributed by atoms with van der Waals surface area (Å²) in [6, 6.07) is 12.4. The Kier molecular flexibility index (Phi) is 6.07. The predicted molar refractivity (Wildman–Crippen MR) is 103 cm³/mol. The molecule has 2 aromatic rings. The molecule has 1 aliphatic heterocycles. The number of nitrogens with zero attached hydrogens (tertiary/aromatic N) is 1. The molecule has 1 N–H and O–H groups in total. The second-order valence-electron chi connectivity index (χ2n) is 6.03. The van der Waals surface area contributed by atoms with Crippen LogP contribution in [0.5, 0.6) is 17.2 Å². The summed E-state index contributed by atoms with van der Waals surface area (Å²) in [5.74, 6) is 1.92. The van der Waals surface area contributed by atoms with Crippen molar-refractivity contribution >= 4 is 11.4 Å². The van der Waals surface area contributed by atoms with Gasteiger partial charge in [0.2, 0.25) is 5.75 Å². The predicted octanol–water partition coefficient (Wildman–Crippen LogP) is 3.16. The van der Waals surface area contributed by atoms with Crippen molar-refractivity contribution in [1.29, 1.82) is 0 Å². The molecule has 1 saturated heterocycles. The van der Waals surface area contributed by atoms with E-state index in [-0.39, 0.29) is 0 Å². The van der Waals surface area contributed by atoms with Gasteiger partial charge < -0.3 is 29.2 Å². The number of benzene rings is 2. The molecule has 1 aliphatic rings. The molecule has 0 radical (unpaired) electrons. The molecule has 140 valence electrons. The molecular weight excluding hydrogens is 332 g/mol. The van der Waals surface area contributed by atoms with Crippen LogP contribution >= 0.6 is 0 Å². The Morgan fingerprint density at radius 3 is 2.08 bits per heavy atom. The third-order valence-corrected chi connectivity index (χ3v) is 4.46. The molecule has 0 aliphatic carbocycles. The first-order valence-corrected chi connectivity index (χ1v) is 8.70. The highest BCUT2D eigenvalue weighted by Crippen LogP contribution is 2.38. The SMILES string of the molecule is COc1cc(CNc2ccc(N3CCOCC3)cc2)cc(OC)c1OC. The molecule has 26 heavy (non-hydrogen) atoms. The van der Waals surface area contributed by atoms with Gasteiger partial charge in [0, 0.05) is 31.0 Å². The summed E-state index contributed by atoms with van der Waals surface area (Å²) in [5, 5.41) is 3.44. The number of nitrogens with one attached hydrogen (secondary N) is 1. The van der Waals surface area contributed by atoms with Gasteiger partial charge in [0.1, 0.15) is 0 Å². The van der Waals surface area contributed by atoms with E-state index in [9.17, 15) is 0 Å². The molecule has 0 unspecified atom stereocenters. The Morgan fingerprint density at radius 2 is 1.54 bits per heavy atom. The Labute approximate surface area is 154 Å². The van der Waals surface area contributed by atoms with E-state index >= 15 is 0 Å². The minimum atomic E-state index is 0.605. The van der Waals surface area contributed by atoms with Crippen molar-refractivity contribution in [1.82, 2.24) is 0 Å². The van der Waals surface area contributed by atoms with Gasteiger partial charge in [-0.1, -0.05) is 0 Å². The van der Waals surface area contributed by atoms with E-state index in [2.05, 4.69) is 34.5 Å². The monoisotopic (exact) mass is 358 g/mol. The van der Waals surface area contributed by atoms with E-state index < -0.39 is 0 Å². The van der Waals surface area contributed by atoms with Crippen molar-refractivity contribution in [3.8, 4) is 17.2 Å². The van der Waals surface area contributed by atoms with Crippen molar-refractivity contribution in [2.45, 2.75) is 6.54 Å². The fourth-order valence-corrected chi connectivity index (χ4v) is 3.05. The quantitative estimate of drug-likeness (QED) is 0.821. The number of morpholine rings is 1. The van der Waals surface area contributed by atoms with Gasteiger partial charge >= 0.3 is 0 Å². The molecule has 0 bridgehead atoms. The molecule has 0 saturated carbocycles. The molecule has 1 fully saturated rings. The maximum absolute atomic E-state index is 5.41. The Morgan fingerprint density at radius 1 is 0.923 bits per heavy atom. The van der Waals surface area contributed by atoms with Crippen LogP contribution in [-0.2, 0) is 11.3 Å².